The Bertz CT molecular complexity index is 1350. The predicted molar refractivity (Wildman–Crippen MR) is 152 cm³/mol. The Kier molecular flexibility index (Phi) is 9.32. The van der Waals surface area contributed by atoms with Crippen molar-refractivity contribution in [2.45, 2.75) is 25.9 Å². The molecule has 0 radical (unpaired) electrons. The van der Waals surface area contributed by atoms with Gasteiger partial charge in [0.15, 0.2) is 17.1 Å². The average molecular weight is 634 g/mol. The Morgan fingerprint density at radius 3 is 2.57 bits per heavy atom. The molecule has 194 valence electrons. The summed E-state index contributed by atoms with van der Waals surface area (Å²) in [6, 6.07) is 7.69. The summed E-state index contributed by atoms with van der Waals surface area (Å²) in [5, 5.41) is 15.5. The van der Waals surface area contributed by atoms with Crippen molar-refractivity contribution in [2.24, 2.45) is 0 Å². The SMILES string of the molecule is CCNC(=O)Nc1nc2cc(-c3cnc(C(CO)OI)nc3)cc(-c3ccc(C(C)COC)cn3)c2s1. The molecule has 2 unspecified atom stereocenters. The van der Waals surface area contributed by atoms with Crippen molar-refractivity contribution < 1.29 is 17.7 Å². The molecular weight excluding hydrogens is 607 g/mol. The third-order valence-corrected chi connectivity index (χ3v) is 7.30. The van der Waals surface area contributed by atoms with Gasteiger partial charge in [-0.2, -0.15) is 0 Å². The number of ether oxygens (including phenoxy) is 1. The number of urea groups is 1. The maximum Gasteiger partial charge on any atom is 0.321 e. The molecule has 2 atom stereocenters. The van der Waals surface area contributed by atoms with Crippen LogP contribution in [0.4, 0.5) is 9.93 Å². The first-order chi connectivity index (χ1) is 18.0. The van der Waals surface area contributed by atoms with Crippen LogP contribution in [0.1, 0.15) is 37.3 Å². The fourth-order valence-electron chi connectivity index (χ4n) is 3.75. The minimum absolute atomic E-state index is 0.219. The molecule has 3 heterocycles. The normalized spacial score (nSPS) is 12.9. The number of nitrogens with zero attached hydrogens (tertiary/aromatic N) is 4. The molecule has 0 aliphatic rings. The van der Waals surface area contributed by atoms with Crippen LogP contribution < -0.4 is 10.6 Å². The van der Waals surface area contributed by atoms with E-state index in [1.165, 1.54) is 11.3 Å². The fourth-order valence-corrected chi connectivity index (χ4v) is 5.10. The first-order valence-corrected chi connectivity index (χ1v) is 13.3. The smallest absolute Gasteiger partial charge is 0.321 e. The molecule has 4 rings (SSSR count). The number of aromatic nitrogens is 4. The molecular formula is C25H27IN6O4S. The number of benzene rings is 1. The van der Waals surface area contributed by atoms with E-state index in [0.717, 1.165) is 38.2 Å². The number of amides is 2. The van der Waals surface area contributed by atoms with Gasteiger partial charge in [0.2, 0.25) is 0 Å². The van der Waals surface area contributed by atoms with Gasteiger partial charge in [-0.1, -0.05) is 24.3 Å². The lowest BCUT2D eigenvalue weighted by Crippen LogP contribution is -2.28. The Labute approximate surface area is 232 Å². The molecule has 4 aromatic rings. The van der Waals surface area contributed by atoms with Crippen molar-refractivity contribution >= 4 is 55.7 Å². The number of nitrogens with one attached hydrogen (secondary N) is 2. The van der Waals surface area contributed by atoms with Gasteiger partial charge in [0, 0.05) is 49.3 Å². The molecule has 0 saturated heterocycles. The van der Waals surface area contributed by atoms with E-state index in [1.807, 2.05) is 31.3 Å². The molecule has 0 aliphatic heterocycles. The highest BCUT2D eigenvalue weighted by molar-refractivity contribution is 14.1. The summed E-state index contributed by atoms with van der Waals surface area (Å²) in [6.07, 6.45) is 4.64. The van der Waals surface area contributed by atoms with E-state index in [1.54, 1.807) is 42.5 Å². The van der Waals surface area contributed by atoms with Crippen molar-refractivity contribution in [3.63, 3.8) is 0 Å². The van der Waals surface area contributed by atoms with Gasteiger partial charge >= 0.3 is 6.03 Å². The fraction of sp³-hybridized carbons (Fsp3) is 0.320. The van der Waals surface area contributed by atoms with Crippen LogP contribution in [-0.2, 0) is 7.80 Å². The van der Waals surface area contributed by atoms with E-state index in [4.69, 9.17) is 12.8 Å². The minimum atomic E-state index is -0.600. The van der Waals surface area contributed by atoms with E-state index >= 15 is 0 Å². The number of carbonyl (C=O) groups is 1. The number of anilines is 1. The number of carbonyl (C=O) groups excluding carboxylic acids is 1. The summed E-state index contributed by atoms with van der Waals surface area (Å²) < 4.78 is 11.4. The van der Waals surface area contributed by atoms with Gasteiger partial charge in [0.1, 0.15) is 23.0 Å². The maximum absolute atomic E-state index is 12.1. The topological polar surface area (TPSA) is 131 Å². The summed E-state index contributed by atoms with van der Waals surface area (Å²) in [5.74, 6) is 0.616. The van der Waals surface area contributed by atoms with Crippen LogP contribution in [0.5, 0.6) is 0 Å². The van der Waals surface area contributed by atoms with Gasteiger partial charge in [0.05, 0.1) is 29.1 Å². The Balaban J connectivity index is 1.78. The highest BCUT2D eigenvalue weighted by atomic mass is 127. The molecule has 1 aromatic carbocycles. The maximum atomic E-state index is 12.1. The summed E-state index contributed by atoms with van der Waals surface area (Å²) >= 11 is 3.11. The van der Waals surface area contributed by atoms with Crippen LogP contribution in [0.25, 0.3) is 32.6 Å². The quantitative estimate of drug-likeness (QED) is 0.205. The van der Waals surface area contributed by atoms with Gasteiger partial charge in [-0.15, -0.1) is 0 Å². The molecule has 3 aromatic heterocycles. The standard InChI is InChI=1S/C25H27IN6O4S/c1-4-27-24(34)32-25-31-20-8-16(17-10-29-23(30-11-17)21(12-33)36-26)7-18(22(20)37-25)19-6-5-15(9-28-19)14(2)13-35-3/h5-11,14,21,33H,4,12-13H2,1-3H3,(H2,27,31,32,34). The second-order valence-electron chi connectivity index (χ2n) is 8.30. The van der Waals surface area contributed by atoms with E-state index in [-0.39, 0.29) is 18.6 Å². The first kappa shape index (κ1) is 27.3. The third-order valence-electron chi connectivity index (χ3n) is 5.66. The number of rotatable bonds is 10. The average Bonchev–Trinajstić information content (AvgIpc) is 3.32. The van der Waals surface area contributed by atoms with Crippen LogP contribution >= 0.6 is 34.3 Å². The number of pyridine rings is 1. The monoisotopic (exact) mass is 634 g/mol. The zero-order chi connectivity index (χ0) is 26.4. The minimum Gasteiger partial charge on any atom is -0.393 e. The van der Waals surface area contributed by atoms with Crippen molar-refractivity contribution in [1.29, 1.82) is 0 Å². The van der Waals surface area contributed by atoms with Gasteiger partial charge in [0.25, 0.3) is 0 Å². The molecule has 37 heavy (non-hydrogen) atoms. The van der Waals surface area contributed by atoms with Gasteiger partial charge < -0.3 is 18.2 Å². The summed E-state index contributed by atoms with van der Waals surface area (Å²) in [4.78, 5) is 30.3. The molecule has 3 N–H and O–H groups in total. The Morgan fingerprint density at radius 2 is 1.95 bits per heavy atom. The largest absolute Gasteiger partial charge is 0.393 e. The number of hydrogen-bond donors (Lipinski definition) is 3. The van der Waals surface area contributed by atoms with Crippen LogP contribution in [0, 0.1) is 0 Å². The molecule has 10 nitrogen and oxygen atoms in total. The lowest BCUT2D eigenvalue weighted by atomic mass is 10.0. The van der Waals surface area contributed by atoms with Crippen LogP contribution in [0.15, 0.2) is 42.9 Å². The van der Waals surface area contributed by atoms with E-state index in [0.29, 0.717) is 24.1 Å². The van der Waals surface area contributed by atoms with E-state index in [2.05, 4.69) is 38.6 Å². The summed E-state index contributed by atoms with van der Waals surface area (Å²) in [7, 11) is 1.69. The highest BCUT2D eigenvalue weighted by Crippen LogP contribution is 2.38. The van der Waals surface area contributed by atoms with Gasteiger partial charge in [-0.05, 0) is 36.2 Å². The number of hydrogen-bond acceptors (Lipinski definition) is 9. The van der Waals surface area contributed by atoms with E-state index < -0.39 is 6.10 Å². The Hall–Kier alpha value is -2.78. The Morgan fingerprint density at radius 1 is 1.16 bits per heavy atom. The van der Waals surface area contributed by atoms with Crippen LogP contribution in [-0.4, -0.2) is 57.9 Å². The third kappa shape index (κ3) is 6.38. The van der Waals surface area contributed by atoms with Gasteiger partial charge in [-0.3, -0.25) is 10.3 Å². The predicted octanol–water partition coefficient (Wildman–Crippen LogP) is 5.11. The number of fused-ring (bicyclic) bond motifs is 1. The number of halogens is 1. The molecule has 0 aliphatic carbocycles. The molecule has 2 amide bonds. The highest BCUT2D eigenvalue weighted by Gasteiger charge is 2.17. The number of thiazole rings is 1. The molecule has 0 bridgehead atoms. The molecule has 0 spiro atoms. The number of aliphatic hydroxyl groups is 1. The zero-order valence-corrected chi connectivity index (χ0v) is 23.5. The summed E-state index contributed by atoms with van der Waals surface area (Å²) in [6.45, 7) is 4.85. The number of aliphatic hydroxyl groups excluding tert-OH is 1. The van der Waals surface area contributed by atoms with Crippen molar-refractivity contribution in [3.8, 4) is 22.4 Å². The zero-order valence-electron chi connectivity index (χ0n) is 20.6. The second-order valence-corrected chi connectivity index (χ2v) is 9.81. The van der Waals surface area contributed by atoms with Crippen molar-refractivity contribution in [3.05, 3.63) is 54.2 Å². The van der Waals surface area contributed by atoms with Crippen LogP contribution in [0.3, 0.4) is 0 Å². The van der Waals surface area contributed by atoms with Crippen molar-refractivity contribution in [2.75, 3.05) is 32.2 Å². The molecule has 0 saturated carbocycles. The lowest BCUT2D eigenvalue weighted by molar-refractivity contribution is 0.150. The first-order valence-electron chi connectivity index (χ1n) is 11.6. The second kappa shape index (κ2) is 12.6. The molecule has 12 heteroatoms. The van der Waals surface area contributed by atoms with Crippen LogP contribution in [0.2, 0.25) is 0 Å². The summed E-state index contributed by atoms with van der Waals surface area (Å²) in [5.41, 5.74) is 5.08. The lowest BCUT2D eigenvalue weighted by Gasteiger charge is -2.12. The van der Waals surface area contributed by atoms with Crippen molar-refractivity contribution in [1.82, 2.24) is 25.3 Å². The van der Waals surface area contributed by atoms with E-state index in [9.17, 15) is 9.90 Å². The number of methoxy groups -OCH3 is 1. The van der Waals surface area contributed by atoms with Gasteiger partial charge in [-0.25, -0.2) is 19.7 Å². The molecule has 0 fully saturated rings.